The van der Waals surface area contributed by atoms with Crippen molar-refractivity contribution in [2.75, 3.05) is 37.7 Å². The number of allylic oxidation sites excluding steroid dienone is 6. The second kappa shape index (κ2) is 12.1. The summed E-state index contributed by atoms with van der Waals surface area (Å²) in [5.41, 5.74) is 6.33. The van der Waals surface area contributed by atoms with Gasteiger partial charge < -0.3 is 15.1 Å². The first-order valence-corrected chi connectivity index (χ1v) is 12.8. The number of nitrogens with zero attached hydrogens (tertiary/aromatic N) is 2. The highest BCUT2D eigenvalue weighted by Gasteiger charge is 2.31. The Labute approximate surface area is 210 Å². The van der Waals surface area contributed by atoms with Gasteiger partial charge in [-0.1, -0.05) is 55.1 Å². The van der Waals surface area contributed by atoms with E-state index >= 15 is 0 Å². The van der Waals surface area contributed by atoms with Gasteiger partial charge in [0.1, 0.15) is 5.75 Å². The van der Waals surface area contributed by atoms with Gasteiger partial charge in [-0.15, -0.1) is 0 Å². The van der Waals surface area contributed by atoms with Crippen LogP contribution in [-0.2, 0) is 0 Å². The van der Waals surface area contributed by atoms with Gasteiger partial charge in [-0.05, 0) is 84.7 Å². The molecule has 0 spiro atoms. The maximum Gasteiger partial charge on any atom is 0.116 e. The molecule has 4 nitrogen and oxygen atoms in total. The van der Waals surface area contributed by atoms with E-state index in [1.807, 2.05) is 49.4 Å². The summed E-state index contributed by atoms with van der Waals surface area (Å²) in [6.45, 7) is 10.9. The molecule has 0 unspecified atom stereocenters. The minimum atomic E-state index is 0.119. The average molecular weight is 471 g/mol. The third-order valence-electron chi connectivity index (χ3n) is 6.91. The van der Waals surface area contributed by atoms with E-state index < -0.39 is 0 Å². The minimum absolute atomic E-state index is 0.119. The zero-order chi connectivity index (χ0) is 24.6. The molecule has 0 atom stereocenters. The van der Waals surface area contributed by atoms with Crippen LogP contribution in [0.25, 0.3) is 5.57 Å². The molecule has 2 aromatic carbocycles. The van der Waals surface area contributed by atoms with E-state index in [1.54, 1.807) is 6.07 Å². The zero-order valence-corrected chi connectivity index (χ0v) is 20.9. The van der Waals surface area contributed by atoms with E-state index in [1.165, 1.54) is 18.5 Å². The average Bonchev–Trinajstić information content (AvgIpc) is 3.73. The number of hydrogen-bond acceptors (Lipinski definition) is 4. The van der Waals surface area contributed by atoms with Gasteiger partial charge in [0, 0.05) is 44.5 Å². The Morgan fingerprint density at radius 2 is 1.74 bits per heavy atom. The van der Waals surface area contributed by atoms with Gasteiger partial charge in [0.25, 0.3) is 0 Å². The van der Waals surface area contributed by atoms with E-state index in [0.717, 1.165) is 60.1 Å². The lowest BCUT2D eigenvalue weighted by Gasteiger charge is -2.36. The van der Waals surface area contributed by atoms with E-state index in [2.05, 4.69) is 40.6 Å². The van der Waals surface area contributed by atoms with Crippen molar-refractivity contribution in [2.24, 2.45) is 0 Å². The van der Waals surface area contributed by atoms with Crippen molar-refractivity contribution >= 4 is 11.3 Å². The highest BCUT2D eigenvalue weighted by Crippen LogP contribution is 2.35. The van der Waals surface area contributed by atoms with Crippen LogP contribution >= 0.6 is 0 Å². The fraction of sp³-hybridized carbons (Fsp3) is 0.355. The number of anilines is 1. The molecule has 1 heterocycles. The van der Waals surface area contributed by atoms with Crippen LogP contribution in [0.15, 0.2) is 90.6 Å². The van der Waals surface area contributed by atoms with Crippen LogP contribution < -0.4 is 4.90 Å². The first-order chi connectivity index (χ1) is 17.1. The van der Waals surface area contributed by atoms with Crippen LogP contribution in [0, 0.1) is 0 Å². The Bertz CT molecular complexity index is 1090. The highest BCUT2D eigenvalue weighted by atomic mass is 16.3. The molecule has 0 aromatic heterocycles. The number of aromatic hydroxyl groups is 1. The lowest BCUT2D eigenvalue weighted by molar-refractivity contribution is 0.248. The first kappa shape index (κ1) is 25.0. The number of benzene rings is 2. The molecule has 0 bridgehead atoms. The molecule has 1 saturated carbocycles. The van der Waals surface area contributed by atoms with Crippen LogP contribution in [0.2, 0.25) is 0 Å². The second-order valence-corrected chi connectivity index (χ2v) is 9.44. The molecule has 0 amide bonds. The SMILES string of the molecule is C=C(/C=C\C=C/C)/C(CCCO)=C(\c1ccc(N2CCN(C3CC3)CC2)cc1)c1cccc(O)c1. The summed E-state index contributed by atoms with van der Waals surface area (Å²) >= 11 is 0. The standard InChI is InChI=1S/C31H38N2O2/c1-3-4-5-8-24(2)30(11-7-22-34)31(26-9-6-10-29(35)23-26)25-12-14-27(15-13-25)32-18-20-33(21-19-32)28-16-17-28/h3-6,8-10,12-15,23,28,34-35H,2,7,11,16-22H2,1H3/b4-3-,8-5-,31-30+. The van der Waals surface area contributed by atoms with Crippen LogP contribution in [0.1, 0.15) is 43.7 Å². The van der Waals surface area contributed by atoms with Crippen molar-refractivity contribution in [3.05, 3.63) is 102 Å². The number of piperazine rings is 1. The summed E-state index contributed by atoms with van der Waals surface area (Å²) in [6, 6.07) is 17.0. The molecule has 2 N–H and O–H groups in total. The van der Waals surface area contributed by atoms with Crippen LogP contribution in [0.3, 0.4) is 0 Å². The summed E-state index contributed by atoms with van der Waals surface area (Å²) in [5.74, 6) is 0.238. The Morgan fingerprint density at radius 3 is 2.37 bits per heavy atom. The maximum atomic E-state index is 10.2. The van der Waals surface area contributed by atoms with E-state index in [9.17, 15) is 10.2 Å². The van der Waals surface area contributed by atoms with E-state index in [-0.39, 0.29) is 12.4 Å². The third kappa shape index (κ3) is 6.53. The molecule has 2 aromatic rings. The fourth-order valence-corrected chi connectivity index (χ4v) is 4.89. The van der Waals surface area contributed by atoms with E-state index in [0.29, 0.717) is 12.8 Å². The number of rotatable bonds is 10. The van der Waals surface area contributed by atoms with Gasteiger partial charge in [-0.25, -0.2) is 0 Å². The normalized spacial score (nSPS) is 17.8. The monoisotopic (exact) mass is 470 g/mol. The molecule has 1 saturated heterocycles. The molecule has 4 heteroatoms. The summed E-state index contributed by atoms with van der Waals surface area (Å²) in [7, 11) is 0. The highest BCUT2D eigenvalue weighted by molar-refractivity contribution is 5.86. The van der Waals surface area contributed by atoms with E-state index in [4.69, 9.17) is 0 Å². The van der Waals surface area contributed by atoms with Gasteiger partial charge in [-0.3, -0.25) is 4.90 Å². The van der Waals surface area contributed by atoms with Gasteiger partial charge in [0.15, 0.2) is 0 Å². The zero-order valence-electron chi connectivity index (χ0n) is 20.9. The Hall–Kier alpha value is -3.08. The van der Waals surface area contributed by atoms with Crippen molar-refractivity contribution in [3.8, 4) is 5.75 Å². The smallest absolute Gasteiger partial charge is 0.116 e. The molecular weight excluding hydrogens is 432 g/mol. The number of phenolic OH excluding ortho intramolecular Hbond substituents is 1. The number of aliphatic hydroxyl groups excluding tert-OH is 1. The lowest BCUT2D eigenvalue weighted by atomic mass is 9.87. The third-order valence-corrected chi connectivity index (χ3v) is 6.91. The minimum Gasteiger partial charge on any atom is -0.508 e. The number of phenols is 1. The lowest BCUT2D eigenvalue weighted by Crippen LogP contribution is -2.47. The number of hydrogen-bond donors (Lipinski definition) is 2. The van der Waals surface area contributed by atoms with Gasteiger partial charge in [-0.2, -0.15) is 0 Å². The second-order valence-electron chi connectivity index (χ2n) is 9.44. The molecule has 35 heavy (non-hydrogen) atoms. The molecule has 184 valence electrons. The largest absolute Gasteiger partial charge is 0.508 e. The molecular formula is C31H38N2O2. The van der Waals surface area contributed by atoms with Gasteiger partial charge in [0.05, 0.1) is 0 Å². The molecule has 4 rings (SSSR count). The summed E-state index contributed by atoms with van der Waals surface area (Å²) < 4.78 is 0. The summed E-state index contributed by atoms with van der Waals surface area (Å²) in [6.07, 6.45) is 12.1. The summed E-state index contributed by atoms with van der Waals surface area (Å²) in [5, 5.41) is 19.8. The molecule has 1 aliphatic heterocycles. The fourth-order valence-electron chi connectivity index (χ4n) is 4.89. The topological polar surface area (TPSA) is 46.9 Å². The van der Waals surface area contributed by atoms with Gasteiger partial charge in [0.2, 0.25) is 0 Å². The molecule has 1 aliphatic carbocycles. The van der Waals surface area contributed by atoms with Gasteiger partial charge >= 0.3 is 0 Å². The first-order valence-electron chi connectivity index (χ1n) is 12.8. The predicted molar refractivity (Wildman–Crippen MR) is 147 cm³/mol. The summed E-state index contributed by atoms with van der Waals surface area (Å²) in [4.78, 5) is 5.11. The quantitative estimate of drug-likeness (QED) is 0.422. The van der Waals surface area contributed by atoms with Crippen molar-refractivity contribution in [1.29, 1.82) is 0 Å². The molecule has 0 radical (unpaired) electrons. The molecule has 2 fully saturated rings. The molecule has 2 aliphatic rings. The van der Waals surface area contributed by atoms with Crippen LogP contribution in [0.5, 0.6) is 5.75 Å². The Morgan fingerprint density at radius 1 is 1.00 bits per heavy atom. The van der Waals surface area contributed by atoms with Crippen LogP contribution in [0.4, 0.5) is 5.69 Å². The van der Waals surface area contributed by atoms with Crippen molar-refractivity contribution in [1.82, 2.24) is 4.90 Å². The predicted octanol–water partition coefficient (Wildman–Crippen LogP) is 5.94. The van der Waals surface area contributed by atoms with Crippen molar-refractivity contribution in [3.63, 3.8) is 0 Å². The van der Waals surface area contributed by atoms with Crippen molar-refractivity contribution < 1.29 is 10.2 Å². The van der Waals surface area contributed by atoms with Crippen LogP contribution in [-0.4, -0.2) is 53.9 Å². The Balaban J connectivity index is 1.68. The maximum absolute atomic E-state index is 10.2. The number of aliphatic hydroxyl groups is 1. The Kier molecular flexibility index (Phi) is 8.62. The van der Waals surface area contributed by atoms with Crippen molar-refractivity contribution in [2.45, 2.75) is 38.6 Å².